The molecule has 0 bridgehead atoms. The maximum Gasteiger partial charge on any atom is 0.408 e. The molecule has 2 N–H and O–H groups in total. The lowest BCUT2D eigenvalue weighted by Crippen LogP contribution is -2.52. The van der Waals surface area contributed by atoms with Gasteiger partial charge in [0.2, 0.25) is 5.89 Å². The van der Waals surface area contributed by atoms with Crippen molar-refractivity contribution in [1.29, 1.82) is 0 Å². The Kier molecular flexibility index (Phi) is 4.39. The second-order valence-corrected chi connectivity index (χ2v) is 6.47. The largest absolute Gasteiger partial charge is 0.481 e. The fraction of sp³-hybridized carbons (Fsp3) is 0.714. The van der Waals surface area contributed by atoms with Crippen LogP contribution in [0, 0.1) is 0 Å². The molecule has 0 atom stereocenters. The number of amides is 1. The van der Waals surface area contributed by atoms with Crippen LogP contribution in [0.1, 0.15) is 58.2 Å². The molecule has 1 aliphatic carbocycles. The van der Waals surface area contributed by atoms with Crippen LogP contribution in [0.25, 0.3) is 0 Å². The zero-order chi connectivity index (χ0) is 16.4. The predicted octanol–water partition coefficient (Wildman–Crippen LogP) is 1.99. The molecule has 22 heavy (non-hydrogen) atoms. The Bertz CT molecular complexity index is 557. The van der Waals surface area contributed by atoms with Crippen molar-refractivity contribution in [2.75, 3.05) is 0 Å². The molecule has 1 amide bonds. The van der Waals surface area contributed by atoms with Gasteiger partial charge in [0.05, 0.1) is 6.42 Å². The molecule has 1 aromatic rings. The van der Waals surface area contributed by atoms with E-state index in [0.717, 1.165) is 6.42 Å². The number of carboxylic acids is 1. The molecule has 0 aliphatic heterocycles. The first-order chi connectivity index (χ1) is 10.2. The van der Waals surface area contributed by atoms with Gasteiger partial charge in [0.15, 0.2) is 5.82 Å². The van der Waals surface area contributed by atoms with Crippen LogP contribution in [0.2, 0.25) is 0 Å². The minimum atomic E-state index is -0.926. The molecule has 1 heterocycles. The molecule has 2 rings (SSSR count). The van der Waals surface area contributed by atoms with Gasteiger partial charge in [0, 0.05) is 6.42 Å². The van der Waals surface area contributed by atoms with Crippen molar-refractivity contribution in [1.82, 2.24) is 15.5 Å². The number of nitrogens with zero attached hydrogens (tertiary/aromatic N) is 2. The summed E-state index contributed by atoms with van der Waals surface area (Å²) in [5.41, 5.74) is -1.26. The van der Waals surface area contributed by atoms with E-state index < -0.39 is 23.2 Å². The molecule has 0 spiro atoms. The van der Waals surface area contributed by atoms with E-state index in [4.69, 9.17) is 14.4 Å². The molecule has 122 valence electrons. The Hall–Kier alpha value is -2.12. The van der Waals surface area contributed by atoms with Gasteiger partial charge < -0.3 is 19.7 Å². The number of carboxylic acid groups (broad SMARTS) is 1. The first kappa shape index (κ1) is 16.3. The smallest absolute Gasteiger partial charge is 0.408 e. The highest BCUT2D eigenvalue weighted by molar-refractivity contribution is 5.69. The average molecular weight is 311 g/mol. The van der Waals surface area contributed by atoms with Crippen LogP contribution in [-0.2, 0) is 21.5 Å². The number of aromatic nitrogens is 2. The number of carbonyl (C=O) groups is 2. The minimum Gasteiger partial charge on any atom is -0.481 e. The monoisotopic (exact) mass is 311 g/mol. The fourth-order valence-corrected chi connectivity index (χ4v) is 2.20. The summed E-state index contributed by atoms with van der Waals surface area (Å²) in [5, 5.41) is 15.4. The zero-order valence-electron chi connectivity index (χ0n) is 13.0. The number of rotatable bonds is 5. The number of aryl methyl sites for hydroxylation is 1. The van der Waals surface area contributed by atoms with Crippen LogP contribution in [-0.4, -0.2) is 32.9 Å². The van der Waals surface area contributed by atoms with Gasteiger partial charge in [-0.1, -0.05) is 5.16 Å². The lowest BCUT2D eigenvalue weighted by Gasteiger charge is -2.39. The van der Waals surface area contributed by atoms with Crippen LogP contribution < -0.4 is 5.32 Å². The van der Waals surface area contributed by atoms with Crippen molar-refractivity contribution in [3.05, 3.63) is 11.7 Å². The minimum absolute atomic E-state index is 0.0753. The molecule has 0 saturated heterocycles. The number of ether oxygens (including phenoxy) is 1. The zero-order valence-corrected chi connectivity index (χ0v) is 13.0. The SMILES string of the molecule is CC(C)(C)OC(=O)NC1(c2noc(CCC(=O)O)n2)CCC1. The molecule has 0 radical (unpaired) electrons. The van der Waals surface area contributed by atoms with Crippen molar-refractivity contribution in [2.45, 2.75) is 64.0 Å². The summed E-state index contributed by atoms with van der Waals surface area (Å²) in [6.45, 7) is 5.37. The maximum atomic E-state index is 12.0. The second-order valence-electron chi connectivity index (χ2n) is 6.47. The molecule has 1 saturated carbocycles. The molecule has 0 unspecified atom stereocenters. The molecule has 1 aromatic heterocycles. The second kappa shape index (κ2) is 5.94. The first-order valence-electron chi connectivity index (χ1n) is 7.26. The fourth-order valence-electron chi connectivity index (χ4n) is 2.20. The Labute approximate surface area is 128 Å². The maximum absolute atomic E-state index is 12.0. The average Bonchev–Trinajstić information content (AvgIpc) is 2.78. The molecule has 0 aromatic carbocycles. The van der Waals surface area contributed by atoms with E-state index in [1.165, 1.54) is 0 Å². The summed E-state index contributed by atoms with van der Waals surface area (Å²) in [5.74, 6) is -0.287. The number of aliphatic carboxylic acids is 1. The highest BCUT2D eigenvalue weighted by Crippen LogP contribution is 2.40. The number of hydrogen-bond acceptors (Lipinski definition) is 6. The third-order valence-electron chi connectivity index (χ3n) is 3.40. The van der Waals surface area contributed by atoms with E-state index in [9.17, 15) is 9.59 Å². The number of alkyl carbamates (subject to hydrolysis) is 1. The van der Waals surface area contributed by atoms with Crippen molar-refractivity contribution >= 4 is 12.1 Å². The number of carbonyl (C=O) groups excluding carboxylic acids is 1. The highest BCUT2D eigenvalue weighted by Gasteiger charge is 2.45. The van der Waals surface area contributed by atoms with Crippen LogP contribution in [0.3, 0.4) is 0 Å². The standard InChI is InChI=1S/C14H21N3O5/c1-13(2,3)21-12(20)16-14(7-4-8-14)11-15-9(22-17-11)5-6-10(18)19/h4-8H2,1-3H3,(H,16,20)(H,18,19). The van der Waals surface area contributed by atoms with Crippen molar-refractivity contribution in [3.63, 3.8) is 0 Å². The molecule has 1 aliphatic rings. The van der Waals surface area contributed by atoms with Gasteiger partial charge in [-0.25, -0.2) is 4.79 Å². The Morgan fingerprint density at radius 1 is 1.41 bits per heavy atom. The molecular formula is C14H21N3O5. The topological polar surface area (TPSA) is 115 Å². The van der Waals surface area contributed by atoms with Crippen LogP contribution in [0.4, 0.5) is 4.79 Å². The van der Waals surface area contributed by atoms with Crippen molar-refractivity contribution in [3.8, 4) is 0 Å². The van der Waals surface area contributed by atoms with E-state index in [1.54, 1.807) is 20.8 Å². The van der Waals surface area contributed by atoms with Crippen molar-refractivity contribution < 1.29 is 24.0 Å². The van der Waals surface area contributed by atoms with E-state index >= 15 is 0 Å². The summed E-state index contributed by atoms with van der Waals surface area (Å²) in [4.78, 5) is 26.7. The van der Waals surface area contributed by atoms with E-state index in [1.807, 2.05) is 0 Å². The van der Waals surface area contributed by atoms with Gasteiger partial charge in [-0.3, -0.25) is 4.79 Å². The van der Waals surface area contributed by atoms with Gasteiger partial charge in [0.1, 0.15) is 11.1 Å². The Morgan fingerprint density at radius 3 is 2.59 bits per heavy atom. The van der Waals surface area contributed by atoms with Crippen molar-refractivity contribution in [2.24, 2.45) is 0 Å². The Balaban J connectivity index is 2.04. The third-order valence-corrected chi connectivity index (χ3v) is 3.40. The van der Waals surface area contributed by atoms with Crippen LogP contribution >= 0.6 is 0 Å². The van der Waals surface area contributed by atoms with Gasteiger partial charge in [-0.15, -0.1) is 0 Å². The van der Waals surface area contributed by atoms with Crippen LogP contribution in [0.5, 0.6) is 0 Å². The van der Waals surface area contributed by atoms with Crippen LogP contribution in [0.15, 0.2) is 4.52 Å². The molecule has 8 heteroatoms. The van der Waals surface area contributed by atoms with E-state index in [0.29, 0.717) is 18.7 Å². The van der Waals surface area contributed by atoms with Gasteiger partial charge in [0.25, 0.3) is 0 Å². The summed E-state index contributed by atoms with van der Waals surface area (Å²) in [6, 6.07) is 0. The summed E-state index contributed by atoms with van der Waals surface area (Å²) < 4.78 is 10.3. The molecule has 1 fully saturated rings. The van der Waals surface area contributed by atoms with E-state index in [-0.39, 0.29) is 18.7 Å². The molecular weight excluding hydrogens is 290 g/mol. The van der Waals surface area contributed by atoms with Gasteiger partial charge in [-0.2, -0.15) is 4.98 Å². The number of hydrogen-bond donors (Lipinski definition) is 2. The normalized spacial score (nSPS) is 16.7. The van der Waals surface area contributed by atoms with Gasteiger partial charge >= 0.3 is 12.1 Å². The lowest BCUT2D eigenvalue weighted by atomic mass is 9.76. The first-order valence-corrected chi connectivity index (χ1v) is 7.26. The highest BCUT2D eigenvalue weighted by atomic mass is 16.6. The lowest BCUT2D eigenvalue weighted by molar-refractivity contribution is -0.137. The summed E-state index contributed by atoms with van der Waals surface area (Å²) in [6.07, 6.45) is 1.91. The Morgan fingerprint density at radius 2 is 2.09 bits per heavy atom. The van der Waals surface area contributed by atoms with E-state index in [2.05, 4.69) is 15.5 Å². The molecule has 8 nitrogen and oxygen atoms in total. The summed E-state index contributed by atoms with van der Waals surface area (Å²) >= 11 is 0. The third kappa shape index (κ3) is 3.96. The van der Waals surface area contributed by atoms with Gasteiger partial charge in [-0.05, 0) is 40.0 Å². The number of nitrogens with one attached hydrogen (secondary N) is 1. The quantitative estimate of drug-likeness (QED) is 0.854. The predicted molar refractivity (Wildman–Crippen MR) is 75.2 cm³/mol. The summed E-state index contributed by atoms with van der Waals surface area (Å²) in [7, 11) is 0.